The zero-order chi connectivity index (χ0) is 12.4. The molecule has 2 rings (SSSR count). The quantitative estimate of drug-likeness (QED) is 0.816. The Morgan fingerprint density at radius 2 is 2.35 bits per heavy atom. The standard InChI is InChI=1S/C12H15BrN2O2/c13-10-4-3-8(6-11(10)14)12(17)15-5-1-2-9(15)7-16/h3-4,6,9,16H,1-2,5,7,14H2. The zero-order valence-electron chi connectivity index (χ0n) is 9.40. The second-order valence-corrected chi connectivity index (χ2v) is 5.07. The Kier molecular flexibility index (Phi) is 3.69. The highest BCUT2D eigenvalue weighted by molar-refractivity contribution is 9.10. The van der Waals surface area contributed by atoms with Crippen LogP contribution in [0.5, 0.6) is 0 Å². The molecule has 1 aromatic carbocycles. The van der Waals surface area contributed by atoms with Gasteiger partial charge in [-0.2, -0.15) is 0 Å². The number of benzene rings is 1. The molecule has 1 aliphatic rings. The van der Waals surface area contributed by atoms with E-state index in [4.69, 9.17) is 5.73 Å². The van der Waals surface area contributed by atoms with Crippen LogP contribution < -0.4 is 5.73 Å². The van der Waals surface area contributed by atoms with Crippen LogP contribution in [-0.4, -0.2) is 35.1 Å². The fourth-order valence-electron chi connectivity index (χ4n) is 2.14. The van der Waals surface area contributed by atoms with Gasteiger partial charge in [-0.05, 0) is 47.0 Å². The van der Waals surface area contributed by atoms with Crippen molar-refractivity contribution in [2.24, 2.45) is 0 Å². The lowest BCUT2D eigenvalue weighted by atomic mass is 10.1. The summed E-state index contributed by atoms with van der Waals surface area (Å²) in [7, 11) is 0. The molecule has 0 aromatic heterocycles. The van der Waals surface area contributed by atoms with E-state index in [0.717, 1.165) is 17.3 Å². The van der Waals surface area contributed by atoms with Crippen LogP contribution in [0.3, 0.4) is 0 Å². The Morgan fingerprint density at radius 1 is 1.59 bits per heavy atom. The monoisotopic (exact) mass is 298 g/mol. The number of hydrogen-bond donors (Lipinski definition) is 2. The van der Waals surface area contributed by atoms with E-state index < -0.39 is 0 Å². The van der Waals surface area contributed by atoms with Gasteiger partial charge in [0.05, 0.1) is 12.6 Å². The Hall–Kier alpha value is -1.07. The van der Waals surface area contributed by atoms with Gasteiger partial charge in [0, 0.05) is 22.3 Å². The number of rotatable bonds is 2. The van der Waals surface area contributed by atoms with Crippen molar-refractivity contribution in [3.63, 3.8) is 0 Å². The highest BCUT2D eigenvalue weighted by atomic mass is 79.9. The van der Waals surface area contributed by atoms with E-state index in [1.165, 1.54) is 0 Å². The molecular weight excluding hydrogens is 284 g/mol. The molecule has 5 heteroatoms. The molecule has 4 nitrogen and oxygen atoms in total. The van der Waals surface area contributed by atoms with E-state index in [9.17, 15) is 9.90 Å². The second-order valence-electron chi connectivity index (χ2n) is 4.21. The lowest BCUT2D eigenvalue weighted by Crippen LogP contribution is -2.37. The third-order valence-electron chi connectivity index (χ3n) is 3.09. The number of carbonyl (C=O) groups is 1. The maximum absolute atomic E-state index is 12.2. The number of anilines is 1. The minimum absolute atomic E-state index is 0.0255. The molecule has 1 unspecified atom stereocenters. The average Bonchev–Trinajstić information content (AvgIpc) is 2.80. The average molecular weight is 299 g/mol. The predicted octanol–water partition coefficient (Wildman–Crippen LogP) is 1.63. The van der Waals surface area contributed by atoms with E-state index in [2.05, 4.69) is 15.9 Å². The topological polar surface area (TPSA) is 66.6 Å². The van der Waals surface area contributed by atoms with Gasteiger partial charge >= 0.3 is 0 Å². The Labute approximate surface area is 109 Å². The number of nitrogens with zero attached hydrogens (tertiary/aromatic N) is 1. The molecule has 0 radical (unpaired) electrons. The van der Waals surface area contributed by atoms with Gasteiger partial charge in [0.2, 0.25) is 0 Å². The van der Waals surface area contributed by atoms with E-state index in [1.54, 1.807) is 23.1 Å². The predicted molar refractivity (Wildman–Crippen MR) is 69.7 cm³/mol. The number of likely N-dealkylation sites (tertiary alicyclic amines) is 1. The van der Waals surface area contributed by atoms with Gasteiger partial charge in [-0.3, -0.25) is 4.79 Å². The summed E-state index contributed by atoms with van der Waals surface area (Å²) in [6.07, 6.45) is 1.82. The number of carbonyl (C=O) groups excluding carboxylic acids is 1. The van der Waals surface area contributed by atoms with Crippen molar-refractivity contribution >= 4 is 27.5 Å². The van der Waals surface area contributed by atoms with E-state index in [1.807, 2.05) is 0 Å². The van der Waals surface area contributed by atoms with Crippen molar-refractivity contribution in [3.8, 4) is 0 Å². The van der Waals surface area contributed by atoms with Gasteiger partial charge in [0.25, 0.3) is 5.91 Å². The number of hydrogen-bond acceptors (Lipinski definition) is 3. The highest BCUT2D eigenvalue weighted by Gasteiger charge is 2.28. The number of halogens is 1. The van der Waals surface area contributed by atoms with Crippen LogP contribution in [0.4, 0.5) is 5.69 Å². The van der Waals surface area contributed by atoms with Crippen LogP contribution >= 0.6 is 15.9 Å². The first-order valence-electron chi connectivity index (χ1n) is 5.60. The van der Waals surface area contributed by atoms with Crippen LogP contribution in [0.15, 0.2) is 22.7 Å². The third-order valence-corrected chi connectivity index (χ3v) is 3.81. The number of nitrogen functional groups attached to an aromatic ring is 1. The number of amides is 1. The fourth-order valence-corrected chi connectivity index (χ4v) is 2.38. The minimum atomic E-state index is -0.0549. The molecule has 1 fully saturated rings. The summed E-state index contributed by atoms with van der Waals surface area (Å²) in [6, 6.07) is 5.13. The Morgan fingerprint density at radius 3 is 3.00 bits per heavy atom. The van der Waals surface area contributed by atoms with Crippen molar-refractivity contribution in [2.75, 3.05) is 18.9 Å². The molecule has 0 bridgehead atoms. The minimum Gasteiger partial charge on any atom is -0.398 e. The van der Waals surface area contributed by atoms with Gasteiger partial charge in [0.1, 0.15) is 0 Å². The summed E-state index contributed by atoms with van der Waals surface area (Å²) in [5, 5.41) is 9.20. The van der Waals surface area contributed by atoms with Crippen molar-refractivity contribution in [1.29, 1.82) is 0 Å². The van der Waals surface area contributed by atoms with Crippen molar-refractivity contribution < 1.29 is 9.90 Å². The lowest BCUT2D eigenvalue weighted by Gasteiger charge is -2.23. The third kappa shape index (κ3) is 2.45. The Bertz CT molecular complexity index is 437. The molecule has 0 spiro atoms. The molecule has 3 N–H and O–H groups in total. The number of aliphatic hydroxyl groups excluding tert-OH is 1. The second kappa shape index (κ2) is 5.06. The van der Waals surface area contributed by atoms with E-state index in [-0.39, 0.29) is 18.6 Å². The van der Waals surface area contributed by atoms with Crippen molar-refractivity contribution in [1.82, 2.24) is 4.90 Å². The van der Waals surface area contributed by atoms with Gasteiger partial charge < -0.3 is 15.7 Å². The van der Waals surface area contributed by atoms with E-state index >= 15 is 0 Å². The number of nitrogens with two attached hydrogens (primary N) is 1. The molecule has 1 saturated heterocycles. The maximum atomic E-state index is 12.2. The summed E-state index contributed by atoms with van der Waals surface area (Å²) < 4.78 is 0.786. The van der Waals surface area contributed by atoms with Crippen molar-refractivity contribution in [3.05, 3.63) is 28.2 Å². The first kappa shape index (κ1) is 12.4. The molecule has 1 heterocycles. The molecule has 1 aromatic rings. The van der Waals surface area contributed by atoms with Gasteiger partial charge in [-0.15, -0.1) is 0 Å². The molecule has 1 atom stereocenters. The summed E-state index contributed by atoms with van der Waals surface area (Å²) in [4.78, 5) is 13.9. The summed E-state index contributed by atoms with van der Waals surface area (Å²) in [5.74, 6) is -0.0549. The van der Waals surface area contributed by atoms with Crippen LogP contribution in [0.25, 0.3) is 0 Å². The lowest BCUT2D eigenvalue weighted by molar-refractivity contribution is 0.0677. The van der Waals surface area contributed by atoms with Crippen LogP contribution in [-0.2, 0) is 0 Å². The van der Waals surface area contributed by atoms with Crippen LogP contribution in [0.1, 0.15) is 23.2 Å². The number of aliphatic hydroxyl groups is 1. The van der Waals surface area contributed by atoms with Crippen molar-refractivity contribution in [2.45, 2.75) is 18.9 Å². The fraction of sp³-hybridized carbons (Fsp3) is 0.417. The SMILES string of the molecule is Nc1cc(C(=O)N2CCCC2CO)ccc1Br. The van der Waals surface area contributed by atoms with Gasteiger partial charge in [0.15, 0.2) is 0 Å². The molecule has 1 aliphatic heterocycles. The summed E-state index contributed by atoms with van der Waals surface area (Å²) in [6.45, 7) is 0.734. The smallest absolute Gasteiger partial charge is 0.254 e. The summed E-state index contributed by atoms with van der Waals surface area (Å²) >= 11 is 3.30. The highest BCUT2D eigenvalue weighted by Crippen LogP contribution is 2.24. The zero-order valence-corrected chi connectivity index (χ0v) is 11.0. The van der Waals surface area contributed by atoms with Crippen LogP contribution in [0.2, 0.25) is 0 Å². The molecule has 17 heavy (non-hydrogen) atoms. The van der Waals surface area contributed by atoms with Gasteiger partial charge in [-0.1, -0.05) is 0 Å². The normalized spacial score (nSPS) is 19.6. The maximum Gasteiger partial charge on any atom is 0.254 e. The Balaban J connectivity index is 2.21. The first-order valence-corrected chi connectivity index (χ1v) is 6.39. The molecule has 92 valence electrons. The molecule has 1 amide bonds. The molecular formula is C12H15BrN2O2. The first-order chi connectivity index (χ1) is 8.13. The largest absolute Gasteiger partial charge is 0.398 e. The van der Waals surface area contributed by atoms with Crippen LogP contribution in [0, 0.1) is 0 Å². The molecule has 0 saturated carbocycles. The van der Waals surface area contributed by atoms with Gasteiger partial charge in [-0.25, -0.2) is 0 Å². The summed E-state index contributed by atoms with van der Waals surface area (Å²) in [5.41, 5.74) is 6.88. The molecule has 0 aliphatic carbocycles. The van der Waals surface area contributed by atoms with E-state index in [0.29, 0.717) is 17.8 Å².